The largest absolute Gasteiger partial charge is 0.367 e. The van der Waals surface area contributed by atoms with Crippen molar-refractivity contribution in [2.24, 2.45) is 5.73 Å². The van der Waals surface area contributed by atoms with Crippen molar-refractivity contribution in [3.63, 3.8) is 0 Å². The van der Waals surface area contributed by atoms with Crippen molar-refractivity contribution in [3.05, 3.63) is 63.7 Å². The molecule has 2 nitrogen and oxygen atoms in total. The molecule has 0 unspecified atom stereocenters. The SMILES string of the molecule is Cc1ccc2c(c1)CCCN2Cc1ccc(CN)cc1Cl. The van der Waals surface area contributed by atoms with Crippen molar-refractivity contribution in [2.75, 3.05) is 11.4 Å². The zero-order valence-electron chi connectivity index (χ0n) is 12.4. The summed E-state index contributed by atoms with van der Waals surface area (Å²) in [6, 6.07) is 12.9. The number of anilines is 1. The minimum absolute atomic E-state index is 0.534. The van der Waals surface area contributed by atoms with E-state index in [1.54, 1.807) is 0 Å². The van der Waals surface area contributed by atoms with Gasteiger partial charge >= 0.3 is 0 Å². The minimum Gasteiger partial charge on any atom is -0.367 e. The number of hydrogen-bond donors (Lipinski definition) is 1. The van der Waals surface area contributed by atoms with Crippen LogP contribution in [0.3, 0.4) is 0 Å². The van der Waals surface area contributed by atoms with Crippen LogP contribution in [0, 0.1) is 6.92 Å². The molecule has 0 amide bonds. The lowest BCUT2D eigenvalue weighted by Gasteiger charge is -2.32. The fourth-order valence-corrected chi connectivity index (χ4v) is 3.28. The minimum atomic E-state index is 0.534. The van der Waals surface area contributed by atoms with Gasteiger partial charge < -0.3 is 10.6 Å². The molecule has 1 aliphatic rings. The van der Waals surface area contributed by atoms with Crippen LogP contribution < -0.4 is 10.6 Å². The average Bonchev–Trinajstić information content (AvgIpc) is 2.49. The van der Waals surface area contributed by atoms with Gasteiger partial charge in [0, 0.05) is 30.3 Å². The molecular weight excluding hydrogens is 280 g/mol. The van der Waals surface area contributed by atoms with E-state index in [4.69, 9.17) is 17.3 Å². The Morgan fingerprint density at radius 2 is 2.05 bits per heavy atom. The van der Waals surface area contributed by atoms with Gasteiger partial charge in [-0.1, -0.05) is 41.4 Å². The Hall–Kier alpha value is -1.51. The second-order valence-corrected chi connectivity index (χ2v) is 6.19. The number of fused-ring (bicyclic) bond motifs is 1. The lowest BCUT2D eigenvalue weighted by Crippen LogP contribution is -2.29. The molecule has 3 heteroatoms. The average molecular weight is 301 g/mol. The molecule has 0 spiro atoms. The van der Waals surface area contributed by atoms with Crippen LogP contribution in [0.15, 0.2) is 36.4 Å². The number of benzene rings is 2. The Labute approximate surface area is 131 Å². The molecule has 0 saturated carbocycles. The molecule has 21 heavy (non-hydrogen) atoms. The maximum Gasteiger partial charge on any atom is 0.0459 e. The van der Waals surface area contributed by atoms with E-state index in [0.29, 0.717) is 6.54 Å². The van der Waals surface area contributed by atoms with Crippen LogP contribution in [-0.4, -0.2) is 6.54 Å². The molecule has 0 aromatic heterocycles. The van der Waals surface area contributed by atoms with Crippen LogP contribution in [0.2, 0.25) is 5.02 Å². The fourth-order valence-electron chi connectivity index (χ4n) is 3.02. The molecule has 2 N–H and O–H groups in total. The zero-order chi connectivity index (χ0) is 14.8. The van der Waals surface area contributed by atoms with Gasteiger partial charge in [-0.25, -0.2) is 0 Å². The van der Waals surface area contributed by atoms with Crippen LogP contribution in [0.1, 0.15) is 28.7 Å². The van der Waals surface area contributed by atoms with Crippen molar-refractivity contribution < 1.29 is 0 Å². The fraction of sp³-hybridized carbons (Fsp3) is 0.333. The first-order valence-electron chi connectivity index (χ1n) is 7.49. The Morgan fingerprint density at radius 1 is 1.19 bits per heavy atom. The predicted octanol–water partition coefficient (Wildman–Crippen LogP) is 4.06. The van der Waals surface area contributed by atoms with Crippen LogP contribution in [-0.2, 0) is 19.5 Å². The van der Waals surface area contributed by atoms with Gasteiger partial charge in [0.15, 0.2) is 0 Å². The van der Waals surface area contributed by atoms with Gasteiger partial charge in [-0.3, -0.25) is 0 Å². The van der Waals surface area contributed by atoms with Crippen LogP contribution in [0.5, 0.6) is 0 Å². The molecule has 0 fully saturated rings. The molecule has 110 valence electrons. The van der Waals surface area contributed by atoms with Crippen molar-refractivity contribution in [3.8, 4) is 0 Å². The van der Waals surface area contributed by atoms with Gasteiger partial charge in [-0.2, -0.15) is 0 Å². The first-order chi connectivity index (χ1) is 10.2. The molecule has 2 aromatic rings. The smallest absolute Gasteiger partial charge is 0.0459 e. The molecular formula is C18H21ClN2. The summed E-state index contributed by atoms with van der Waals surface area (Å²) in [5.74, 6) is 0. The Morgan fingerprint density at radius 3 is 2.81 bits per heavy atom. The third-order valence-corrected chi connectivity index (χ3v) is 4.52. The van der Waals surface area contributed by atoms with Crippen LogP contribution >= 0.6 is 11.6 Å². The van der Waals surface area contributed by atoms with Gasteiger partial charge in [0.1, 0.15) is 0 Å². The quantitative estimate of drug-likeness (QED) is 0.926. The molecule has 0 saturated heterocycles. The highest BCUT2D eigenvalue weighted by molar-refractivity contribution is 6.31. The molecule has 0 atom stereocenters. The summed E-state index contributed by atoms with van der Waals surface area (Å²) < 4.78 is 0. The van der Waals surface area contributed by atoms with E-state index >= 15 is 0 Å². The molecule has 3 rings (SSSR count). The monoisotopic (exact) mass is 300 g/mol. The van der Waals surface area contributed by atoms with Gasteiger partial charge in [0.05, 0.1) is 0 Å². The third-order valence-electron chi connectivity index (χ3n) is 4.16. The molecule has 0 aliphatic carbocycles. The molecule has 0 bridgehead atoms. The predicted molar refractivity (Wildman–Crippen MR) is 89.9 cm³/mol. The number of halogens is 1. The van der Waals surface area contributed by atoms with Crippen molar-refractivity contribution in [1.29, 1.82) is 0 Å². The van der Waals surface area contributed by atoms with Crippen molar-refractivity contribution in [1.82, 2.24) is 0 Å². The third kappa shape index (κ3) is 3.07. The summed E-state index contributed by atoms with van der Waals surface area (Å²) in [7, 11) is 0. The number of nitrogens with zero attached hydrogens (tertiary/aromatic N) is 1. The summed E-state index contributed by atoms with van der Waals surface area (Å²) in [4.78, 5) is 2.43. The summed E-state index contributed by atoms with van der Waals surface area (Å²) in [5, 5.41) is 0.817. The van der Waals surface area contributed by atoms with Crippen LogP contribution in [0.25, 0.3) is 0 Å². The van der Waals surface area contributed by atoms with E-state index in [1.165, 1.54) is 35.2 Å². The standard InChI is InChI=1S/C18H21ClN2/c1-13-4-7-18-15(9-13)3-2-8-21(18)12-16-6-5-14(11-20)10-17(16)19/h4-7,9-10H,2-3,8,11-12,20H2,1H3. The Kier molecular flexibility index (Phi) is 4.18. The first-order valence-corrected chi connectivity index (χ1v) is 7.87. The topological polar surface area (TPSA) is 29.3 Å². The molecule has 0 radical (unpaired) electrons. The molecule has 2 aromatic carbocycles. The first kappa shape index (κ1) is 14.4. The highest BCUT2D eigenvalue weighted by atomic mass is 35.5. The number of hydrogen-bond acceptors (Lipinski definition) is 2. The lowest BCUT2D eigenvalue weighted by atomic mass is 9.99. The van der Waals surface area contributed by atoms with Crippen molar-refractivity contribution >= 4 is 17.3 Å². The number of rotatable bonds is 3. The summed E-state index contributed by atoms with van der Waals surface area (Å²) in [6.45, 7) is 4.64. The van der Waals surface area contributed by atoms with E-state index < -0.39 is 0 Å². The van der Waals surface area contributed by atoms with Crippen LogP contribution in [0.4, 0.5) is 5.69 Å². The highest BCUT2D eigenvalue weighted by Crippen LogP contribution is 2.30. The number of nitrogens with two attached hydrogens (primary N) is 1. The summed E-state index contributed by atoms with van der Waals surface area (Å²) in [6.07, 6.45) is 2.38. The Balaban J connectivity index is 1.87. The zero-order valence-corrected chi connectivity index (χ0v) is 13.2. The van der Waals surface area contributed by atoms with Gasteiger partial charge in [0.2, 0.25) is 0 Å². The normalized spacial score (nSPS) is 14.1. The lowest BCUT2D eigenvalue weighted by molar-refractivity contribution is 0.690. The summed E-state index contributed by atoms with van der Waals surface area (Å²) >= 11 is 6.40. The van der Waals surface area contributed by atoms with Gasteiger partial charge in [-0.15, -0.1) is 0 Å². The highest BCUT2D eigenvalue weighted by Gasteiger charge is 2.17. The summed E-state index contributed by atoms with van der Waals surface area (Å²) in [5.41, 5.74) is 12.1. The maximum atomic E-state index is 6.40. The second-order valence-electron chi connectivity index (χ2n) is 5.79. The number of aryl methyl sites for hydroxylation is 2. The van der Waals surface area contributed by atoms with E-state index in [1.807, 2.05) is 6.07 Å². The maximum absolute atomic E-state index is 6.40. The van der Waals surface area contributed by atoms with Gasteiger partial charge in [-0.05, 0) is 48.6 Å². The van der Waals surface area contributed by atoms with Gasteiger partial charge in [0.25, 0.3) is 0 Å². The molecule has 1 heterocycles. The second kappa shape index (κ2) is 6.08. The molecule has 1 aliphatic heterocycles. The Bertz CT molecular complexity index is 652. The van der Waals surface area contributed by atoms with Crippen molar-refractivity contribution in [2.45, 2.75) is 32.9 Å². The van der Waals surface area contributed by atoms with E-state index in [0.717, 1.165) is 23.7 Å². The van der Waals surface area contributed by atoms with E-state index in [9.17, 15) is 0 Å². The van der Waals surface area contributed by atoms with E-state index in [2.05, 4.69) is 42.2 Å². The van der Waals surface area contributed by atoms with E-state index in [-0.39, 0.29) is 0 Å².